The van der Waals surface area contributed by atoms with Gasteiger partial charge in [0.1, 0.15) is 5.75 Å². The summed E-state index contributed by atoms with van der Waals surface area (Å²) < 4.78 is 0. The van der Waals surface area contributed by atoms with Crippen LogP contribution in [0.2, 0.25) is 0 Å². The molecule has 1 aliphatic rings. The first kappa shape index (κ1) is 10.7. The van der Waals surface area contributed by atoms with Crippen LogP contribution in [0.5, 0.6) is 5.75 Å². The first-order valence-corrected chi connectivity index (χ1v) is 5.12. The van der Waals surface area contributed by atoms with Gasteiger partial charge in [-0.3, -0.25) is 9.79 Å². The number of aliphatic carboxylic acids is 1. The van der Waals surface area contributed by atoms with E-state index in [4.69, 9.17) is 5.11 Å². The van der Waals surface area contributed by atoms with Crippen molar-refractivity contribution in [2.45, 2.75) is 25.3 Å². The maximum Gasteiger partial charge on any atom is 0.303 e. The minimum Gasteiger partial charge on any atom is -0.508 e. The van der Waals surface area contributed by atoms with Crippen molar-refractivity contribution in [2.75, 3.05) is 0 Å². The summed E-state index contributed by atoms with van der Waals surface area (Å²) in [5.41, 5.74) is -0.464. The minimum atomic E-state index is -0.816. The van der Waals surface area contributed by atoms with E-state index >= 15 is 0 Å². The molecule has 2 N–H and O–H groups in total. The SMILES string of the molecule is CC1(CCC(=O)O)C=c2cc(O)ccc2=N1. The van der Waals surface area contributed by atoms with Gasteiger partial charge in [0.25, 0.3) is 0 Å². The molecule has 2 rings (SSSR count). The van der Waals surface area contributed by atoms with Gasteiger partial charge in [-0.2, -0.15) is 0 Å². The fraction of sp³-hybridized carbons (Fsp3) is 0.333. The Morgan fingerprint density at radius 2 is 2.25 bits per heavy atom. The highest BCUT2D eigenvalue weighted by Gasteiger charge is 2.24. The van der Waals surface area contributed by atoms with Gasteiger partial charge in [0, 0.05) is 11.6 Å². The number of fused-ring (bicyclic) bond motifs is 1. The topological polar surface area (TPSA) is 69.9 Å². The van der Waals surface area contributed by atoms with Gasteiger partial charge in [-0.25, -0.2) is 0 Å². The molecule has 1 aliphatic heterocycles. The van der Waals surface area contributed by atoms with Gasteiger partial charge in [-0.05, 0) is 37.6 Å². The summed E-state index contributed by atoms with van der Waals surface area (Å²) in [7, 11) is 0. The lowest BCUT2D eigenvalue weighted by molar-refractivity contribution is -0.137. The molecule has 0 aromatic heterocycles. The van der Waals surface area contributed by atoms with Gasteiger partial charge in [0.05, 0.1) is 10.9 Å². The van der Waals surface area contributed by atoms with E-state index in [1.807, 2.05) is 13.0 Å². The minimum absolute atomic E-state index is 0.0937. The smallest absolute Gasteiger partial charge is 0.303 e. The van der Waals surface area contributed by atoms with E-state index in [0.29, 0.717) is 6.42 Å². The van der Waals surface area contributed by atoms with Crippen LogP contribution in [0, 0.1) is 0 Å². The first-order valence-electron chi connectivity index (χ1n) is 5.12. The van der Waals surface area contributed by atoms with E-state index < -0.39 is 11.5 Å². The Morgan fingerprint density at radius 3 is 2.94 bits per heavy atom. The van der Waals surface area contributed by atoms with E-state index in [2.05, 4.69) is 4.99 Å². The van der Waals surface area contributed by atoms with Crippen LogP contribution >= 0.6 is 0 Å². The zero-order chi connectivity index (χ0) is 11.8. The Bertz CT molecular complexity index is 550. The van der Waals surface area contributed by atoms with Crippen LogP contribution in [0.25, 0.3) is 6.08 Å². The van der Waals surface area contributed by atoms with Gasteiger partial charge in [-0.15, -0.1) is 0 Å². The van der Waals surface area contributed by atoms with Crippen LogP contribution in [0.1, 0.15) is 19.8 Å². The molecular formula is C12H13NO3. The zero-order valence-corrected chi connectivity index (χ0v) is 8.97. The molecule has 4 heteroatoms. The number of carboxylic acids is 1. The lowest BCUT2D eigenvalue weighted by atomic mass is 9.97. The third-order valence-electron chi connectivity index (χ3n) is 2.70. The van der Waals surface area contributed by atoms with Crippen molar-refractivity contribution >= 4 is 12.0 Å². The predicted molar refractivity (Wildman–Crippen MR) is 58.6 cm³/mol. The summed E-state index contributed by atoms with van der Waals surface area (Å²) >= 11 is 0. The summed E-state index contributed by atoms with van der Waals surface area (Å²) in [5, 5.41) is 19.7. The normalized spacial score (nSPS) is 22.1. The molecule has 0 saturated carbocycles. The Morgan fingerprint density at radius 1 is 1.50 bits per heavy atom. The lowest BCUT2D eigenvalue weighted by Crippen LogP contribution is -2.19. The van der Waals surface area contributed by atoms with E-state index in [-0.39, 0.29) is 12.2 Å². The van der Waals surface area contributed by atoms with Crippen molar-refractivity contribution in [1.82, 2.24) is 0 Å². The second-order valence-corrected chi connectivity index (χ2v) is 4.25. The number of phenols is 1. The molecular weight excluding hydrogens is 206 g/mol. The van der Waals surface area contributed by atoms with Crippen molar-refractivity contribution in [3.8, 4) is 5.75 Å². The number of phenolic OH excluding ortho intramolecular Hbond substituents is 1. The number of aromatic hydroxyl groups is 1. The van der Waals surface area contributed by atoms with Crippen molar-refractivity contribution < 1.29 is 15.0 Å². The molecule has 16 heavy (non-hydrogen) atoms. The Hall–Kier alpha value is -1.84. The number of carbonyl (C=O) groups is 1. The van der Waals surface area contributed by atoms with Gasteiger partial charge in [0.2, 0.25) is 0 Å². The van der Waals surface area contributed by atoms with Crippen LogP contribution in [0.4, 0.5) is 0 Å². The number of benzene rings is 1. The lowest BCUT2D eigenvalue weighted by Gasteiger charge is -2.16. The van der Waals surface area contributed by atoms with Crippen molar-refractivity contribution in [2.24, 2.45) is 4.99 Å². The maximum absolute atomic E-state index is 10.5. The summed E-state index contributed by atoms with van der Waals surface area (Å²) in [5.74, 6) is -0.615. The number of hydrogen-bond donors (Lipinski definition) is 2. The van der Waals surface area contributed by atoms with Gasteiger partial charge >= 0.3 is 5.97 Å². The molecule has 0 spiro atoms. The van der Waals surface area contributed by atoms with Crippen molar-refractivity contribution in [1.29, 1.82) is 0 Å². The molecule has 4 nitrogen and oxygen atoms in total. The van der Waals surface area contributed by atoms with E-state index in [0.717, 1.165) is 10.6 Å². The van der Waals surface area contributed by atoms with Gasteiger partial charge in [-0.1, -0.05) is 0 Å². The second-order valence-electron chi connectivity index (χ2n) is 4.25. The van der Waals surface area contributed by atoms with Crippen LogP contribution in [-0.2, 0) is 4.79 Å². The van der Waals surface area contributed by atoms with E-state index in [9.17, 15) is 9.90 Å². The largest absolute Gasteiger partial charge is 0.508 e. The monoisotopic (exact) mass is 219 g/mol. The molecule has 0 aliphatic carbocycles. The summed E-state index contributed by atoms with van der Waals surface area (Å²) in [6.07, 6.45) is 2.47. The molecule has 84 valence electrons. The average molecular weight is 219 g/mol. The van der Waals surface area contributed by atoms with Crippen LogP contribution < -0.4 is 10.6 Å². The molecule has 1 heterocycles. The molecule has 1 aromatic rings. The highest BCUT2D eigenvalue weighted by molar-refractivity contribution is 5.67. The highest BCUT2D eigenvalue weighted by Crippen LogP contribution is 2.21. The second kappa shape index (κ2) is 3.63. The quantitative estimate of drug-likeness (QED) is 0.774. The first-order chi connectivity index (χ1) is 7.48. The fourth-order valence-electron chi connectivity index (χ4n) is 1.89. The molecule has 1 aromatic carbocycles. The number of rotatable bonds is 3. The van der Waals surface area contributed by atoms with E-state index in [1.54, 1.807) is 18.2 Å². The number of carboxylic acid groups (broad SMARTS) is 1. The molecule has 0 fully saturated rings. The van der Waals surface area contributed by atoms with Crippen LogP contribution in [0.15, 0.2) is 23.2 Å². The van der Waals surface area contributed by atoms with Crippen LogP contribution in [-0.4, -0.2) is 21.7 Å². The molecule has 0 saturated heterocycles. The number of nitrogens with zero attached hydrogens (tertiary/aromatic N) is 1. The third-order valence-corrected chi connectivity index (χ3v) is 2.70. The van der Waals surface area contributed by atoms with Gasteiger partial charge in [0.15, 0.2) is 0 Å². The van der Waals surface area contributed by atoms with Crippen molar-refractivity contribution in [3.05, 3.63) is 28.8 Å². The zero-order valence-electron chi connectivity index (χ0n) is 8.97. The predicted octanol–water partition coefficient (Wildman–Crippen LogP) is 0.429. The number of hydrogen-bond acceptors (Lipinski definition) is 3. The fourth-order valence-corrected chi connectivity index (χ4v) is 1.89. The van der Waals surface area contributed by atoms with E-state index in [1.165, 1.54) is 0 Å². The standard InChI is InChI=1S/C12H13NO3/c1-12(5-4-11(15)16)7-8-6-9(14)2-3-10(8)13-12/h2-3,6-7,14H,4-5H2,1H3,(H,15,16). The molecule has 0 bridgehead atoms. The molecule has 0 radical (unpaired) electrons. The summed E-state index contributed by atoms with van der Waals surface area (Å²) in [6.45, 7) is 1.90. The molecule has 0 amide bonds. The Balaban J connectivity index is 2.33. The Labute approximate surface area is 92.6 Å². The third kappa shape index (κ3) is 2.05. The highest BCUT2D eigenvalue weighted by atomic mass is 16.4. The van der Waals surface area contributed by atoms with Crippen molar-refractivity contribution in [3.63, 3.8) is 0 Å². The average Bonchev–Trinajstić information content (AvgIpc) is 2.51. The Kier molecular flexibility index (Phi) is 2.42. The van der Waals surface area contributed by atoms with Crippen LogP contribution in [0.3, 0.4) is 0 Å². The van der Waals surface area contributed by atoms with Gasteiger partial charge < -0.3 is 10.2 Å². The maximum atomic E-state index is 10.5. The summed E-state index contributed by atoms with van der Waals surface area (Å²) in [4.78, 5) is 15.0. The molecule has 1 atom stereocenters. The summed E-state index contributed by atoms with van der Waals surface area (Å²) in [6, 6.07) is 4.97. The molecule has 1 unspecified atom stereocenters.